The summed E-state index contributed by atoms with van der Waals surface area (Å²) in [7, 11) is 0. The molecule has 1 rings (SSSR count). The van der Waals surface area contributed by atoms with E-state index in [2.05, 4.69) is 11.9 Å². The van der Waals surface area contributed by atoms with Crippen molar-refractivity contribution in [2.45, 2.75) is 23.6 Å². The van der Waals surface area contributed by atoms with Crippen LogP contribution in [0.15, 0.2) is 10.5 Å². The maximum absolute atomic E-state index is 5.64. The molecule has 0 aromatic carbocycles. The number of thiazole rings is 1. The van der Waals surface area contributed by atoms with Gasteiger partial charge in [0.1, 0.15) is 4.34 Å². The second-order valence-corrected chi connectivity index (χ2v) is 4.80. The van der Waals surface area contributed by atoms with Gasteiger partial charge in [-0.3, -0.25) is 0 Å². The van der Waals surface area contributed by atoms with Crippen LogP contribution in [0.25, 0.3) is 0 Å². The van der Waals surface area contributed by atoms with Gasteiger partial charge in [-0.2, -0.15) is 0 Å². The van der Waals surface area contributed by atoms with E-state index < -0.39 is 0 Å². The fourth-order valence-corrected chi connectivity index (χ4v) is 2.64. The second-order valence-electron chi connectivity index (χ2n) is 2.07. The zero-order valence-electron chi connectivity index (χ0n) is 6.34. The minimum absolute atomic E-state index is 0.588. The molecule has 0 bridgehead atoms. The molecule has 0 unspecified atom stereocenters. The highest BCUT2D eigenvalue weighted by Gasteiger charge is 1.99. The standard InChI is InChI=1S/C7H10ClNS2/c1-2-3-10-7-9-5-6(4-8)11-7/h5H,2-4H2,1H3. The normalized spacial score (nSPS) is 10.4. The monoisotopic (exact) mass is 207 g/mol. The van der Waals surface area contributed by atoms with Gasteiger partial charge in [0.15, 0.2) is 0 Å². The maximum Gasteiger partial charge on any atom is 0.150 e. The van der Waals surface area contributed by atoms with Gasteiger partial charge in [-0.1, -0.05) is 18.7 Å². The summed E-state index contributed by atoms with van der Waals surface area (Å²) >= 11 is 9.13. The SMILES string of the molecule is CCCSc1ncc(CCl)s1. The molecule has 0 saturated heterocycles. The summed E-state index contributed by atoms with van der Waals surface area (Å²) in [5.74, 6) is 1.74. The molecule has 0 atom stereocenters. The van der Waals surface area contributed by atoms with Gasteiger partial charge in [0.05, 0.1) is 5.88 Å². The lowest BCUT2D eigenvalue weighted by atomic mass is 10.6. The Bertz CT molecular complexity index is 212. The lowest BCUT2D eigenvalue weighted by Gasteiger charge is -1.89. The van der Waals surface area contributed by atoms with E-state index in [-0.39, 0.29) is 0 Å². The highest BCUT2D eigenvalue weighted by molar-refractivity contribution is 8.01. The summed E-state index contributed by atoms with van der Waals surface area (Å²) in [6.45, 7) is 2.17. The van der Waals surface area contributed by atoms with Crippen LogP contribution in [0.2, 0.25) is 0 Å². The maximum atomic E-state index is 5.64. The van der Waals surface area contributed by atoms with Crippen molar-refractivity contribution >= 4 is 34.7 Å². The van der Waals surface area contributed by atoms with E-state index >= 15 is 0 Å². The largest absolute Gasteiger partial charge is 0.238 e. The molecule has 62 valence electrons. The van der Waals surface area contributed by atoms with Crippen molar-refractivity contribution in [1.29, 1.82) is 0 Å². The zero-order valence-corrected chi connectivity index (χ0v) is 8.73. The topological polar surface area (TPSA) is 12.9 Å². The summed E-state index contributed by atoms with van der Waals surface area (Å²) in [5, 5.41) is 0. The zero-order chi connectivity index (χ0) is 8.10. The Hall–Kier alpha value is 0.270. The van der Waals surface area contributed by atoms with Crippen molar-refractivity contribution in [2.24, 2.45) is 0 Å². The van der Waals surface area contributed by atoms with E-state index in [1.165, 1.54) is 6.42 Å². The molecular weight excluding hydrogens is 198 g/mol. The van der Waals surface area contributed by atoms with Gasteiger partial charge >= 0.3 is 0 Å². The van der Waals surface area contributed by atoms with Gasteiger partial charge in [0.2, 0.25) is 0 Å². The molecule has 1 heterocycles. The fourth-order valence-electron chi connectivity index (χ4n) is 0.607. The first-order valence-electron chi connectivity index (χ1n) is 3.50. The Morgan fingerprint density at radius 1 is 1.73 bits per heavy atom. The summed E-state index contributed by atoms with van der Waals surface area (Å²) in [5.41, 5.74) is 0. The van der Waals surface area contributed by atoms with Crippen molar-refractivity contribution in [3.63, 3.8) is 0 Å². The molecule has 0 amide bonds. The number of aromatic nitrogens is 1. The third kappa shape index (κ3) is 3.01. The number of halogens is 1. The van der Waals surface area contributed by atoms with Crippen LogP contribution in [0.4, 0.5) is 0 Å². The molecule has 1 aromatic heterocycles. The first-order chi connectivity index (χ1) is 5.36. The summed E-state index contributed by atoms with van der Waals surface area (Å²) in [6, 6.07) is 0. The molecule has 0 aliphatic heterocycles. The Morgan fingerprint density at radius 3 is 3.09 bits per heavy atom. The molecule has 0 N–H and O–H groups in total. The van der Waals surface area contributed by atoms with Crippen molar-refractivity contribution < 1.29 is 0 Å². The van der Waals surface area contributed by atoms with Crippen molar-refractivity contribution in [1.82, 2.24) is 4.98 Å². The van der Waals surface area contributed by atoms with Gasteiger partial charge in [-0.25, -0.2) is 4.98 Å². The fraction of sp³-hybridized carbons (Fsp3) is 0.571. The molecule has 0 saturated carbocycles. The van der Waals surface area contributed by atoms with Crippen LogP contribution < -0.4 is 0 Å². The van der Waals surface area contributed by atoms with Crippen LogP contribution in [0, 0.1) is 0 Å². The third-order valence-corrected chi connectivity index (χ3v) is 3.90. The number of hydrogen-bond donors (Lipinski definition) is 0. The highest BCUT2D eigenvalue weighted by Crippen LogP contribution is 2.25. The Morgan fingerprint density at radius 2 is 2.55 bits per heavy atom. The van der Waals surface area contributed by atoms with E-state index in [9.17, 15) is 0 Å². The molecule has 0 fully saturated rings. The molecule has 11 heavy (non-hydrogen) atoms. The molecule has 0 aliphatic rings. The number of alkyl halides is 1. The predicted octanol–water partition coefficient (Wildman–Crippen LogP) is 3.38. The van der Waals surface area contributed by atoms with Crippen LogP contribution in [-0.2, 0) is 5.88 Å². The Kier molecular flexibility index (Phi) is 4.26. The van der Waals surface area contributed by atoms with Gasteiger partial charge in [0.25, 0.3) is 0 Å². The number of hydrogen-bond acceptors (Lipinski definition) is 3. The molecule has 0 aliphatic carbocycles. The Labute approximate surface area is 80.2 Å². The highest BCUT2D eigenvalue weighted by atomic mass is 35.5. The van der Waals surface area contributed by atoms with Crippen molar-refractivity contribution in [3.8, 4) is 0 Å². The number of rotatable bonds is 4. The summed E-state index contributed by atoms with van der Waals surface area (Å²) < 4.78 is 1.14. The van der Waals surface area contributed by atoms with Gasteiger partial charge in [-0.15, -0.1) is 22.9 Å². The molecule has 1 nitrogen and oxygen atoms in total. The summed E-state index contributed by atoms with van der Waals surface area (Å²) in [6.07, 6.45) is 3.05. The molecule has 4 heteroatoms. The van der Waals surface area contributed by atoms with Crippen LogP contribution in [0.3, 0.4) is 0 Å². The first-order valence-corrected chi connectivity index (χ1v) is 5.84. The molecule has 0 radical (unpaired) electrons. The lowest BCUT2D eigenvalue weighted by molar-refractivity contribution is 1.10. The van der Waals surface area contributed by atoms with E-state index in [0.29, 0.717) is 5.88 Å². The van der Waals surface area contributed by atoms with E-state index in [0.717, 1.165) is 15.0 Å². The minimum atomic E-state index is 0.588. The molecule has 0 spiro atoms. The molecular formula is C7H10ClNS2. The van der Waals surface area contributed by atoms with E-state index in [1.54, 1.807) is 23.1 Å². The van der Waals surface area contributed by atoms with Gasteiger partial charge in [0, 0.05) is 16.8 Å². The Balaban J connectivity index is 2.44. The van der Waals surface area contributed by atoms with E-state index in [1.807, 2.05) is 6.20 Å². The smallest absolute Gasteiger partial charge is 0.150 e. The van der Waals surface area contributed by atoms with Gasteiger partial charge in [-0.05, 0) is 6.42 Å². The summed E-state index contributed by atoms with van der Waals surface area (Å²) in [4.78, 5) is 5.38. The third-order valence-electron chi connectivity index (χ3n) is 1.09. The average Bonchev–Trinajstić information content (AvgIpc) is 2.48. The molecule has 1 aromatic rings. The van der Waals surface area contributed by atoms with Crippen LogP contribution in [-0.4, -0.2) is 10.7 Å². The van der Waals surface area contributed by atoms with Crippen molar-refractivity contribution in [2.75, 3.05) is 5.75 Å². The first kappa shape index (κ1) is 9.36. The van der Waals surface area contributed by atoms with Crippen LogP contribution in [0.5, 0.6) is 0 Å². The number of thioether (sulfide) groups is 1. The minimum Gasteiger partial charge on any atom is -0.238 e. The van der Waals surface area contributed by atoms with E-state index in [4.69, 9.17) is 11.6 Å². The predicted molar refractivity (Wildman–Crippen MR) is 52.7 cm³/mol. The quantitative estimate of drug-likeness (QED) is 0.555. The average molecular weight is 208 g/mol. The lowest BCUT2D eigenvalue weighted by Crippen LogP contribution is -1.71. The van der Waals surface area contributed by atoms with Crippen LogP contribution in [0.1, 0.15) is 18.2 Å². The second kappa shape index (κ2) is 5.01. The van der Waals surface area contributed by atoms with Crippen LogP contribution >= 0.6 is 34.7 Å². The van der Waals surface area contributed by atoms with Crippen molar-refractivity contribution in [3.05, 3.63) is 11.1 Å². The number of nitrogens with zero attached hydrogens (tertiary/aromatic N) is 1. The van der Waals surface area contributed by atoms with Gasteiger partial charge < -0.3 is 0 Å².